The van der Waals surface area contributed by atoms with Gasteiger partial charge in [-0.2, -0.15) is 0 Å². The molecular formula is C47H91O8P. The molecule has 8 nitrogen and oxygen atoms in total. The van der Waals surface area contributed by atoms with Crippen molar-refractivity contribution in [2.75, 3.05) is 13.2 Å². The molecule has 332 valence electrons. The molecule has 0 saturated heterocycles. The van der Waals surface area contributed by atoms with Gasteiger partial charge in [0.1, 0.15) is 6.61 Å². The summed E-state index contributed by atoms with van der Waals surface area (Å²) in [5, 5.41) is 0. The third kappa shape index (κ3) is 45.5. The summed E-state index contributed by atoms with van der Waals surface area (Å²) in [4.78, 5) is 43.0. The fraction of sp³-hybridized carbons (Fsp3) is 0.915. The molecule has 0 saturated carbocycles. The Labute approximate surface area is 346 Å². The van der Waals surface area contributed by atoms with E-state index in [1.165, 1.54) is 180 Å². The van der Waals surface area contributed by atoms with Crippen molar-refractivity contribution in [1.29, 1.82) is 0 Å². The number of hydrogen-bond donors (Lipinski definition) is 2. The minimum absolute atomic E-state index is 0.212. The van der Waals surface area contributed by atoms with E-state index >= 15 is 0 Å². The third-order valence-corrected chi connectivity index (χ3v) is 11.3. The molecule has 0 spiro atoms. The Morgan fingerprint density at radius 1 is 0.446 bits per heavy atom. The molecule has 0 aliphatic heterocycles. The molecule has 1 atom stereocenters. The minimum atomic E-state index is -4.75. The van der Waals surface area contributed by atoms with E-state index in [2.05, 4.69) is 30.5 Å². The van der Waals surface area contributed by atoms with E-state index in [4.69, 9.17) is 19.3 Å². The van der Waals surface area contributed by atoms with Gasteiger partial charge >= 0.3 is 19.8 Å². The number of ether oxygens (including phenoxy) is 2. The van der Waals surface area contributed by atoms with E-state index in [9.17, 15) is 14.2 Å². The van der Waals surface area contributed by atoms with Crippen molar-refractivity contribution >= 4 is 19.8 Å². The van der Waals surface area contributed by atoms with Gasteiger partial charge in [0.2, 0.25) is 0 Å². The highest BCUT2D eigenvalue weighted by atomic mass is 31.2. The van der Waals surface area contributed by atoms with Crippen LogP contribution in [0.15, 0.2) is 12.2 Å². The van der Waals surface area contributed by atoms with Gasteiger partial charge in [0.05, 0.1) is 6.61 Å². The van der Waals surface area contributed by atoms with Gasteiger partial charge in [-0.15, -0.1) is 0 Å². The predicted molar refractivity (Wildman–Crippen MR) is 235 cm³/mol. The van der Waals surface area contributed by atoms with Gasteiger partial charge < -0.3 is 19.3 Å². The molecule has 0 radical (unpaired) electrons. The number of rotatable bonds is 45. The van der Waals surface area contributed by atoms with Crippen LogP contribution in [0.2, 0.25) is 0 Å². The molecule has 0 aromatic rings. The molecule has 0 aromatic carbocycles. The molecule has 0 rings (SSSR count). The normalized spacial score (nSPS) is 12.4. The summed E-state index contributed by atoms with van der Waals surface area (Å²) in [5.74, 6) is -0.873. The van der Waals surface area contributed by atoms with Gasteiger partial charge in [-0.25, -0.2) is 4.57 Å². The standard InChI is InChI=1S/C47H91O8P/c1-3-5-7-9-11-13-15-17-19-21-22-23-24-26-27-29-31-33-35-37-39-41-46(48)53-43-45(44-54-56(50,51)52)55-47(49)42-40-38-36-34-32-30-28-25-20-18-16-14-12-10-8-6-4-2/h18,20,45H,3-17,19,21-44H2,1-2H3,(H2,50,51,52)/b20-18-. The SMILES string of the molecule is CCCCCCCC/C=C\CCCCCCCCCC(=O)OC(COC(=O)CCCCCCCCCCCCCCCCCCCCCCC)COP(=O)(O)O. The fourth-order valence-electron chi connectivity index (χ4n) is 7.19. The molecule has 1 unspecified atom stereocenters. The zero-order valence-corrected chi connectivity index (χ0v) is 37.7. The van der Waals surface area contributed by atoms with Crippen LogP contribution in [0.1, 0.15) is 258 Å². The molecule has 2 N–H and O–H groups in total. The number of phosphoric acid groups is 1. The summed E-state index contributed by atoms with van der Waals surface area (Å²) >= 11 is 0. The average molecular weight is 815 g/mol. The summed E-state index contributed by atoms with van der Waals surface area (Å²) in [7, 11) is -4.75. The highest BCUT2D eigenvalue weighted by Crippen LogP contribution is 2.36. The Hall–Kier alpha value is -1.21. The first-order valence-electron chi connectivity index (χ1n) is 24.0. The lowest BCUT2D eigenvalue weighted by Crippen LogP contribution is -2.29. The van der Waals surface area contributed by atoms with Crippen molar-refractivity contribution < 1.29 is 37.9 Å². The van der Waals surface area contributed by atoms with Crippen LogP contribution in [0.5, 0.6) is 0 Å². The average Bonchev–Trinajstić information content (AvgIpc) is 3.17. The molecule has 0 heterocycles. The van der Waals surface area contributed by atoms with E-state index in [-0.39, 0.29) is 19.4 Å². The maximum Gasteiger partial charge on any atom is 0.469 e. The van der Waals surface area contributed by atoms with Crippen molar-refractivity contribution in [3.8, 4) is 0 Å². The largest absolute Gasteiger partial charge is 0.469 e. The van der Waals surface area contributed by atoms with Crippen molar-refractivity contribution in [1.82, 2.24) is 0 Å². The van der Waals surface area contributed by atoms with Gasteiger partial charge in [0, 0.05) is 12.8 Å². The smallest absolute Gasteiger partial charge is 0.462 e. The van der Waals surface area contributed by atoms with Gasteiger partial charge in [-0.1, -0.05) is 219 Å². The van der Waals surface area contributed by atoms with Crippen LogP contribution in [0, 0.1) is 0 Å². The maximum atomic E-state index is 12.4. The van der Waals surface area contributed by atoms with Gasteiger partial charge in [-0.3, -0.25) is 14.1 Å². The van der Waals surface area contributed by atoms with Crippen LogP contribution in [0.25, 0.3) is 0 Å². The van der Waals surface area contributed by atoms with Crippen molar-refractivity contribution in [3.63, 3.8) is 0 Å². The van der Waals surface area contributed by atoms with Gasteiger partial charge in [0.15, 0.2) is 6.10 Å². The van der Waals surface area contributed by atoms with Gasteiger partial charge in [-0.05, 0) is 38.5 Å². The minimum Gasteiger partial charge on any atom is -0.462 e. The lowest BCUT2D eigenvalue weighted by Gasteiger charge is -2.18. The Balaban J connectivity index is 3.80. The molecule has 56 heavy (non-hydrogen) atoms. The molecule has 0 fully saturated rings. The topological polar surface area (TPSA) is 119 Å². The fourth-order valence-corrected chi connectivity index (χ4v) is 7.55. The van der Waals surface area contributed by atoms with Crippen LogP contribution in [-0.2, 0) is 28.2 Å². The van der Waals surface area contributed by atoms with Crippen molar-refractivity contribution in [3.05, 3.63) is 12.2 Å². The summed E-state index contributed by atoms with van der Waals surface area (Å²) in [6.45, 7) is 3.72. The number of phosphoric ester groups is 1. The molecule has 0 aromatic heterocycles. The first-order chi connectivity index (χ1) is 27.3. The zero-order valence-electron chi connectivity index (χ0n) is 36.8. The van der Waals surface area contributed by atoms with Crippen LogP contribution >= 0.6 is 7.82 Å². The van der Waals surface area contributed by atoms with Crippen LogP contribution < -0.4 is 0 Å². The van der Waals surface area contributed by atoms with Crippen LogP contribution in [-0.4, -0.2) is 41.0 Å². The first-order valence-corrected chi connectivity index (χ1v) is 25.5. The molecule has 0 aliphatic carbocycles. The quantitative estimate of drug-likeness (QED) is 0.0270. The lowest BCUT2D eigenvalue weighted by molar-refractivity contribution is -0.161. The number of carbonyl (C=O) groups excluding carboxylic acids is 2. The van der Waals surface area contributed by atoms with Crippen LogP contribution in [0.3, 0.4) is 0 Å². The van der Waals surface area contributed by atoms with Crippen molar-refractivity contribution in [2.24, 2.45) is 0 Å². The molecule has 0 amide bonds. The number of carbonyl (C=O) groups is 2. The Morgan fingerprint density at radius 3 is 1.09 bits per heavy atom. The predicted octanol–water partition coefficient (Wildman–Crippen LogP) is 15.0. The second-order valence-corrected chi connectivity index (χ2v) is 17.7. The number of allylic oxidation sites excluding steroid dienone is 2. The summed E-state index contributed by atoms with van der Waals surface area (Å²) in [6, 6.07) is 0. The molecular weight excluding hydrogens is 723 g/mol. The first kappa shape index (κ1) is 54.8. The Kier molecular flexibility index (Phi) is 42.4. The monoisotopic (exact) mass is 815 g/mol. The highest BCUT2D eigenvalue weighted by Gasteiger charge is 2.23. The summed E-state index contributed by atoms with van der Waals surface area (Å²) < 4.78 is 26.5. The number of unbranched alkanes of at least 4 members (excludes halogenated alkanes) is 33. The van der Waals surface area contributed by atoms with Crippen LogP contribution in [0.4, 0.5) is 0 Å². The second-order valence-electron chi connectivity index (χ2n) is 16.4. The van der Waals surface area contributed by atoms with E-state index in [0.29, 0.717) is 6.42 Å². The third-order valence-electron chi connectivity index (χ3n) is 10.8. The van der Waals surface area contributed by atoms with E-state index in [1.807, 2.05) is 0 Å². The highest BCUT2D eigenvalue weighted by molar-refractivity contribution is 7.46. The molecule has 0 bridgehead atoms. The van der Waals surface area contributed by atoms with Gasteiger partial charge in [0.25, 0.3) is 0 Å². The number of esters is 2. The summed E-state index contributed by atoms with van der Waals surface area (Å²) in [5.41, 5.74) is 0. The maximum absolute atomic E-state index is 12.4. The summed E-state index contributed by atoms with van der Waals surface area (Å²) in [6.07, 6.45) is 49.4. The number of hydrogen-bond acceptors (Lipinski definition) is 6. The van der Waals surface area contributed by atoms with Crippen molar-refractivity contribution in [2.45, 2.75) is 264 Å². The van der Waals surface area contributed by atoms with E-state index in [1.54, 1.807) is 0 Å². The Morgan fingerprint density at radius 2 is 0.750 bits per heavy atom. The van der Waals surface area contributed by atoms with E-state index < -0.39 is 32.5 Å². The molecule has 9 heteroatoms. The lowest BCUT2D eigenvalue weighted by atomic mass is 10.0. The Bertz CT molecular complexity index is 920. The zero-order chi connectivity index (χ0) is 41.1. The van der Waals surface area contributed by atoms with E-state index in [0.717, 1.165) is 44.9 Å². The second kappa shape index (κ2) is 43.4. The molecule has 0 aliphatic rings.